The highest BCUT2D eigenvalue weighted by Crippen LogP contribution is 2.17. The first kappa shape index (κ1) is 9.71. The van der Waals surface area contributed by atoms with Crippen LogP contribution >= 0.6 is 22.6 Å². The van der Waals surface area contributed by atoms with Crippen LogP contribution in [-0.2, 0) is 6.42 Å². The summed E-state index contributed by atoms with van der Waals surface area (Å²) in [4.78, 5) is 10.7. The van der Waals surface area contributed by atoms with Crippen molar-refractivity contribution in [2.75, 3.05) is 0 Å². The molecule has 0 fully saturated rings. The van der Waals surface area contributed by atoms with E-state index in [2.05, 4.69) is 29.5 Å². The number of benzene rings is 1. The van der Waals surface area contributed by atoms with Crippen LogP contribution in [0.25, 0.3) is 0 Å². The van der Waals surface area contributed by atoms with Crippen molar-refractivity contribution in [3.8, 4) is 0 Å². The molecule has 0 N–H and O–H groups in total. The van der Waals surface area contributed by atoms with Gasteiger partial charge in [-0.3, -0.25) is 4.79 Å². The van der Waals surface area contributed by atoms with Gasteiger partial charge in [0.05, 0.1) is 0 Å². The average molecular weight is 274 g/mol. The van der Waals surface area contributed by atoms with Gasteiger partial charge in [0.2, 0.25) is 0 Å². The van der Waals surface area contributed by atoms with Crippen LogP contribution in [0.4, 0.5) is 0 Å². The Morgan fingerprint density at radius 2 is 2.25 bits per heavy atom. The molecule has 1 rings (SSSR count). The molecule has 2 heteroatoms. The largest absolute Gasteiger partial charge is 0.298 e. The molecule has 12 heavy (non-hydrogen) atoms. The van der Waals surface area contributed by atoms with Crippen molar-refractivity contribution in [1.29, 1.82) is 0 Å². The summed E-state index contributed by atoms with van der Waals surface area (Å²) in [7, 11) is 0. The van der Waals surface area contributed by atoms with Crippen LogP contribution in [0.1, 0.15) is 29.3 Å². The lowest BCUT2D eigenvalue weighted by Crippen LogP contribution is -1.95. The minimum absolute atomic E-state index is 0.837. The van der Waals surface area contributed by atoms with Crippen molar-refractivity contribution in [3.05, 3.63) is 32.9 Å². The number of aldehydes is 1. The van der Waals surface area contributed by atoms with Gasteiger partial charge in [-0.1, -0.05) is 25.5 Å². The van der Waals surface area contributed by atoms with Gasteiger partial charge in [-0.05, 0) is 40.6 Å². The number of hydrogen-bond donors (Lipinski definition) is 0. The molecule has 0 aliphatic rings. The Labute approximate surface area is 86.3 Å². The molecule has 0 aromatic heterocycles. The predicted octanol–water partition coefficient (Wildman–Crippen LogP) is 3.06. The van der Waals surface area contributed by atoms with Gasteiger partial charge in [-0.25, -0.2) is 0 Å². The molecule has 1 nitrogen and oxygen atoms in total. The van der Waals surface area contributed by atoms with E-state index in [0.717, 1.165) is 24.7 Å². The molecule has 0 heterocycles. The molecule has 0 aliphatic heterocycles. The topological polar surface area (TPSA) is 17.1 Å². The fourth-order valence-electron chi connectivity index (χ4n) is 1.20. The summed E-state index contributed by atoms with van der Waals surface area (Å²) in [6, 6.07) is 5.84. The second-order valence-corrected chi connectivity index (χ2v) is 3.84. The fourth-order valence-corrected chi connectivity index (χ4v) is 1.99. The summed E-state index contributed by atoms with van der Waals surface area (Å²) in [5.41, 5.74) is 2.03. The maximum atomic E-state index is 10.7. The van der Waals surface area contributed by atoms with E-state index in [9.17, 15) is 4.79 Å². The van der Waals surface area contributed by atoms with Crippen LogP contribution in [0.15, 0.2) is 18.2 Å². The smallest absolute Gasteiger partial charge is 0.150 e. The van der Waals surface area contributed by atoms with Gasteiger partial charge in [0.1, 0.15) is 6.29 Å². The van der Waals surface area contributed by atoms with E-state index in [1.807, 2.05) is 18.2 Å². The van der Waals surface area contributed by atoms with E-state index < -0.39 is 0 Å². The molecule has 0 radical (unpaired) electrons. The molecule has 0 bridgehead atoms. The Morgan fingerprint density at radius 3 is 2.83 bits per heavy atom. The number of carbonyl (C=O) groups excluding carboxylic acids is 1. The quantitative estimate of drug-likeness (QED) is 0.611. The maximum Gasteiger partial charge on any atom is 0.150 e. The van der Waals surface area contributed by atoms with Crippen LogP contribution in [0.3, 0.4) is 0 Å². The number of carbonyl (C=O) groups is 1. The third kappa shape index (κ3) is 2.06. The van der Waals surface area contributed by atoms with Gasteiger partial charge in [-0.2, -0.15) is 0 Å². The summed E-state index contributed by atoms with van der Waals surface area (Å²) in [5, 5.41) is 0. The Hall–Kier alpha value is -0.380. The van der Waals surface area contributed by atoms with Crippen molar-refractivity contribution in [2.24, 2.45) is 0 Å². The van der Waals surface area contributed by atoms with E-state index >= 15 is 0 Å². The summed E-state index contributed by atoms with van der Waals surface area (Å²) in [6.45, 7) is 2.12. The number of rotatable bonds is 3. The molecule has 0 saturated carbocycles. The zero-order chi connectivity index (χ0) is 8.97. The summed E-state index contributed by atoms with van der Waals surface area (Å²) >= 11 is 2.27. The normalized spacial score (nSPS) is 9.83. The minimum atomic E-state index is 0.837. The maximum absolute atomic E-state index is 10.7. The molecule has 0 unspecified atom stereocenters. The van der Waals surface area contributed by atoms with Crippen molar-refractivity contribution in [3.63, 3.8) is 0 Å². The van der Waals surface area contributed by atoms with Gasteiger partial charge >= 0.3 is 0 Å². The second-order valence-electron chi connectivity index (χ2n) is 2.68. The molecule has 0 aliphatic carbocycles. The van der Waals surface area contributed by atoms with Gasteiger partial charge in [-0.15, -0.1) is 0 Å². The minimum Gasteiger partial charge on any atom is -0.298 e. The SMILES string of the molecule is CCCc1c(I)cccc1C=O. The van der Waals surface area contributed by atoms with Gasteiger partial charge in [0.25, 0.3) is 0 Å². The van der Waals surface area contributed by atoms with Crippen molar-refractivity contribution < 1.29 is 4.79 Å². The predicted molar refractivity (Wildman–Crippen MR) is 58.5 cm³/mol. The molecule has 0 saturated heterocycles. The highest BCUT2D eigenvalue weighted by Gasteiger charge is 2.03. The zero-order valence-corrected chi connectivity index (χ0v) is 9.17. The van der Waals surface area contributed by atoms with Crippen LogP contribution in [0.5, 0.6) is 0 Å². The Kier molecular flexibility index (Phi) is 3.72. The van der Waals surface area contributed by atoms with Gasteiger partial charge in [0.15, 0.2) is 0 Å². The highest BCUT2D eigenvalue weighted by molar-refractivity contribution is 14.1. The Bertz CT molecular complexity index is 281. The zero-order valence-electron chi connectivity index (χ0n) is 7.01. The third-order valence-electron chi connectivity index (χ3n) is 1.78. The lowest BCUT2D eigenvalue weighted by molar-refractivity contribution is 0.112. The molecular weight excluding hydrogens is 263 g/mol. The summed E-state index contributed by atoms with van der Waals surface area (Å²) < 4.78 is 1.19. The Balaban J connectivity index is 3.10. The van der Waals surface area contributed by atoms with Gasteiger partial charge in [0, 0.05) is 9.13 Å². The molecule has 1 aromatic carbocycles. The van der Waals surface area contributed by atoms with E-state index in [1.54, 1.807) is 0 Å². The lowest BCUT2D eigenvalue weighted by Gasteiger charge is -2.04. The second kappa shape index (κ2) is 4.60. The van der Waals surface area contributed by atoms with Crippen molar-refractivity contribution in [2.45, 2.75) is 19.8 Å². The molecule has 1 aromatic rings. The third-order valence-corrected chi connectivity index (χ3v) is 2.79. The number of halogens is 1. The van der Waals surface area contributed by atoms with Gasteiger partial charge < -0.3 is 0 Å². The first-order valence-corrected chi connectivity index (χ1v) is 5.10. The summed E-state index contributed by atoms with van der Waals surface area (Å²) in [6.07, 6.45) is 3.02. The highest BCUT2D eigenvalue weighted by atomic mass is 127. The monoisotopic (exact) mass is 274 g/mol. The molecule has 64 valence electrons. The summed E-state index contributed by atoms with van der Waals surface area (Å²) in [5.74, 6) is 0. The Morgan fingerprint density at radius 1 is 1.50 bits per heavy atom. The molecule has 0 amide bonds. The van der Waals surface area contributed by atoms with Crippen molar-refractivity contribution in [1.82, 2.24) is 0 Å². The average Bonchev–Trinajstić information content (AvgIpc) is 2.09. The lowest BCUT2D eigenvalue weighted by atomic mass is 10.0. The van der Waals surface area contributed by atoms with E-state index in [4.69, 9.17) is 0 Å². The molecule has 0 atom stereocenters. The standard InChI is InChI=1S/C10H11IO/c1-2-4-9-8(7-12)5-3-6-10(9)11/h3,5-7H,2,4H2,1H3. The first-order valence-electron chi connectivity index (χ1n) is 4.02. The van der Waals surface area contributed by atoms with Crippen LogP contribution in [-0.4, -0.2) is 6.29 Å². The first-order chi connectivity index (χ1) is 5.79. The fraction of sp³-hybridized carbons (Fsp3) is 0.300. The van der Waals surface area contributed by atoms with Crippen LogP contribution < -0.4 is 0 Å². The van der Waals surface area contributed by atoms with E-state index in [1.165, 1.54) is 9.13 Å². The van der Waals surface area contributed by atoms with E-state index in [-0.39, 0.29) is 0 Å². The van der Waals surface area contributed by atoms with E-state index in [0.29, 0.717) is 0 Å². The van der Waals surface area contributed by atoms with Crippen LogP contribution in [0, 0.1) is 3.57 Å². The molecule has 0 spiro atoms. The van der Waals surface area contributed by atoms with Crippen molar-refractivity contribution >= 4 is 28.9 Å². The number of hydrogen-bond acceptors (Lipinski definition) is 1. The van der Waals surface area contributed by atoms with Crippen LogP contribution in [0.2, 0.25) is 0 Å². The molecular formula is C10H11IO.